The van der Waals surface area contributed by atoms with Crippen molar-refractivity contribution in [1.82, 2.24) is 10.3 Å². The molecule has 2 aromatic heterocycles. The second-order valence-electron chi connectivity index (χ2n) is 3.41. The monoisotopic (exact) mass is 294 g/mol. The lowest BCUT2D eigenvalue weighted by molar-refractivity contribution is -0.116. The average molecular weight is 295 g/mol. The van der Waals surface area contributed by atoms with Gasteiger partial charge in [0.05, 0.1) is 0 Å². The van der Waals surface area contributed by atoms with Gasteiger partial charge in [0.1, 0.15) is 5.76 Å². The zero-order valence-corrected chi connectivity index (χ0v) is 10.5. The SMILES string of the molecule is O=C(/C=C/c1ccc(Br)o1)NCc1cc[nH]c1. The van der Waals surface area contributed by atoms with Crippen LogP contribution in [0.4, 0.5) is 0 Å². The van der Waals surface area contributed by atoms with Gasteiger partial charge in [-0.05, 0) is 45.8 Å². The number of furan rings is 1. The van der Waals surface area contributed by atoms with E-state index in [0.29, 0.717) is 17.0 Å². The highest BCUT2D eigenvalue weighted by atomic mass is 79.9. The van der Waals surface area contributed by atoms with Crippen molar-refractivity contribution in [1.29, 1.82) is 0 Å². The predicted octanol–water partition coefficient (Wildman–Crippen LogP) is 2.70. The molecule has 5 heteroatoms. The van der Waals surface area contributed by atoms with Crippen molar-refractivity contribution in [3.8, 4) is 0 Å². The number of aromatic nitrogens is 1. The van der Waals surface area contributed by atoms with Gasteiger partial charge in [-0.25, -0.2) is 0 Å². The lowest BCUT2D eigenvalue weighted by Gasteiger charge is -1.98. The third-order valence-corrected chi connectivity index (χ3v) is 2.55. The average Bonchev–Trinajstić information content (AvgIpc) is 2.95. The highest BCUT2D eigenvalue weighted by Gasteiger charge is 1.98. The number of nitrogens with one attached hydrogen (secondary N) is 2. The topological polar surface area (TPSA) is 58.0 Å². The van der Waals surface area contributed by atoms with Crippen LogP contribution in [0.1, 0.15) is 11.3 Å². The molecule has 0 bridgehead atoms. The van der Waals surface area contributed by atoms with E-state index in [-0.39, 0.29) is 5.91 Å². The van der Waals surface area contributed by atoms with Gasteiger partial charge < -0.3 is 14.7 Å². The Morgan fingerprint density at radius 2 is 2.35 bits per heavy atom. The van der Waals surface area contributed by atoms with Crippen LogP contribution in [0.25, 0.3) is 6.08 Å². The molecule has 0 aliphatic carbocycles. The minimum Gasteiger partial charge on any atom is -0.450 e. The number of H-pyrrole nitrogens is 1. The highest BCUT2D eigenvalue weighted by molar-refractivity contribution is 9.10. The van der Waals surface area contributed by atoms with Crippen LogP contribution in [-0.4, -0.2) is 10.9 Å². The maximum Gasteiger partial charge on any atom is 0.244 e. The molecule has 4 nitrogen and oxygen atoms in total. The summed E-state index contributed by atoms with van der Waals surface area (Å²) >= 11 is 3.19. The summed E-state index contributed by atoms with van der Waals surface area (Å²) in [4.78, 5) is 14.4. The molecule has 17 heavy (non-hydrogen) atoms. The number of aromatic amines is 1. The van der Waals surface area contributed by atoms with E-state index in [1.54, 1.807) is 18.2 Å². The number of carbonyl (C=O) groups excluding carboxylic acids is 1. The summed E-state index contributed by atoms with van der Waals surface area (Å²) in [5, 5.41) is 2.76. The summed E-state index contributed by atoms with van der Waals surface area (Å²) in [7, 11) is 0. The Morgan fingerprint density at radius 3 is 3.00 bits per heavy atom. The van der Waals surface area contributed by atoms with E-state index in [1.165, 1.54) is 6.08 Å². The van der Waals surface area contributed by atoms with Gasteiger partial charge in [-0.1, -0.05) is 0 Å². The molecule has 2 rings (SSSR count). The second-order valence-corrected chi connectivity index (χ2v) is 4.19. The smallest absolute Gasteiger partial charge is 0.244 e. The van der Waals surface area contributed by atoms with Crippen LogP contribution >= 0.6 is 15.9 Å². The Hall–Kier alpha value is -1.75. The van der Waals surface area contributed by atoms with Crippen molar-refractivity contribution in [2.24, 2.45) is 0 Å². The molecule has 0 saturated carbocycles. The maximum atomic E-state index is 11.5. The van der Waals surface area contributed by atoms with Gasteiger partial charge in [-0.3, -0.25) is 4.79 Å². The van der Waals surface area contributed by atoms with E-state index in [0.717, 1.165) is 5.56 Å². The minimum atomic E-state index is -0.154. The first-order valence-corrected chi connectivity index (χ1v) is 5.86. The van der Waals surface area contributed by atoms with E-state index in [1.807, 2.05) is 18.5 Å². The summed E-state index contributed by atoms with van der Waals surface area (Å²) in [6.07, 6.45) is 6.72. The van der Waals surface area contributed by atoms with Crippen LogP contribution in [0.3, 0.4) is 0 Å². The van der Waals surface area contributed by atoms with Crippen LogP contribution in [0.15, 0.2) is 45.8 Å². The molecule has 1 amide bonds. The fraction of sp³-hybridized carbons (Fsp3) is 0.0833. The molecule has 0 unspecified atom stereocenters. The zero-order valence-electron chi connectivity index (χ0n) is 8.94. The van der Waals surface area contributed by atoms with Crippen LogP contribution in [-0.2, 0) is 11.3 Å². The fourth-order valence-corrected chi connectivity index (χ4v) is 1.61. The van der Waals surface area contributed by atoms with Crippen LogP contribution < -0.4 is 5.32 Å². The number of halogens is 1. The summed E-state index contributed by atoms with van der Waals surface area (Å²) in [5.74, 6) is 0.479. The standard InChI is InChI=1S/C12H11BrN2O2/c13-11-3-1-10(17-11)2-4-12(16)15-8-9-5-6-14-7-9/h1-7,14H,8H2,(H,15,16)/b4-2+. The van der Waals surface area contributed by atoms with Crippen LogP contribution in [0.5, 0.6) is 0 Å². The first-order valence-electron chi connectivity index (χ1n) is 5.07. The van der Waals surface area contributed by atoms with Crippen molar-refractivity contribution in [3.63, 3.8) is 0 Å². The Bertz CT molecular complexity index is 514. The molecule has 2 heterocycles. The summed E-state index contributed by atoms with van der Waals surface area (Å²) in [6.45, 7) is 0.508. The molecule has 0 atom stereocenters. The number of rotatable bonds is 4. The first kappa shape index (κ1) is 11.7. The maximum absolute atomic E-state index is 11.5. The van der Waals surface area contributed by atoms with E-state index < -0.39 is 0 Å². The summed E-state index contributed by atoms with van der Waals surface area (Å²) < 4.78 is 5.87. The van der Waals surface area contributed by atoms with Gasteiger partial charge in [0, 0.05) is 25.0 Å². The molecule has 2 aromatic rings. The summed E-state index contributed by atoms with van der Waals surface area (Å²) in [6, 6.07) is 5.46. The van der Waals surface area contributed by atoms with Gasteiger partial charge >= 0.3 is 0 Å². The van der Waals surface area contributed by atoms with Crippen molar-refractivity contribution in [2.45, 2.75) is 6.54 Å². The Balaban J connectivity index is 1.83. The van der Waals surface area contributed by atoms with E-state index in [9.17, 15) is 4.79 Å². The number of carbonyl (C=O) groups is 1. The molecule has 88 valence electrons. The minimum absolute atomic E-state index is 0.154. The molecule has 0 saturated heterocycles. The molecule has 0 aliphatic rings. The first-order chi connectivity index (χ1) is 8.24. The van der Waals surface area contributed by atoms with Crippen molar-refractivity contribution in [2.75, 3.05) is 0 Å². The van der Waals surface area contributed by atoms with Gasteiger partial charge in [0.25, 0.3) is 0 Å². The molecule has 0 aromatic carbocycles. The normalized spacial score (nSPS) is 10.9. The Labute approximate surface area is 107 Å². The molecule has 0 aliphatic heterocycles. The molecular formula is C12H11BrN2O2. The number of amides is 1. The molecule has 2 N–H and O–H groups in total. The zero-order chi connectivity index (χ0) is 12.1. The largest absolute Gasteiger partial charge is 0.450 e. The van der Waals surface area contributed by atoms with Gasteiger partial charge in [0.15, 0.2) is 4.67 Å². The van der Waals surface area contributed by atoms with E-state index in [4.69, 9.17) is 4.42 Å². The van der Waals surface area contributed by atoms with Gasteiger partial charge in [-0.15, -0.1) is 0 Å². The Morgan fingerprint density at radius 1 is 1.47 bits per heavy atom. The lowest BCUT2D eigenvalue weighted by Crippen LogP contribution is -2.19. The summed E-state index contributed by atoms with van der Waals surface area (Å²) in [5.41, 5.74) is 1.03. The Kier molecular flexibility index (Phi) is 3.82. The van der Waals surface area contributed by atoms with Crippen molar-refractivity contribution >= 4 is 27.9 Å². The van der Waals surface area contributed by atoms with Crippen molar-refractivity contribution < 1.29 is 9.21 Å². The fourth-order valence-electron chi connectivity index (χ4n) is 1.29. The van der Waals surface area contributed by atoms with Crippen LogP contribution in [0.2, 0.25) is 0 Å². The van der Waals surface area contributed by atoms with Crippen molar-refractivity contribution in [3.05, 3.63) is 52.7 Å². The highest BCUT2D eigenvalue weighted by Crippen LogP contribution is 2.14. The molecular weight excluding hydrogens is 284 g/mol. The second kappa shape index (κ2) is 5.54. The molecule has 0 radical (unpaired) electrons. The number of hydrogen-bond donors (Lipinski definition) is 2. The van der Waals surface area contributed by atoms with E-state index >= 15 is 0 Å². The van der Waals surface area contributed by atoms with E-state index in [2.05, 4.69) is 26.2 Å². The number of hydrogen-bond acceptors (Lipinski definition) is 2. The molecule has 0 spiro atoms. The van der Waals surface area contributed by atoms with Gasteiger partial charge in [0.2, 0.25) is 5.91 Å². The predicted molar refractivity (Wildman–Crippen MR) is 68.1 cm³/mol. The molecule has 0 fully saturated rings. The van der Waals surface area contributed by atoms with Gasteiger partial charge in [-0.2, -0.15) is 0 Å². The van der Waals surface area contributed by atoms with Crippen LogP contribution in [0, 0.1) is 0 Å². The quantitative estimate of drug-likeness (QED) is 0.852. The third-order valence-electron chi connectivity index (χ3n) is 2.12. The lowest BCUT2D eigenvalue weighted by atomic mass is 10.3. The third kappa shape index (κ3) is 3.64.